The molecule has 94 valence electrons. The SMILES string of the molecule is CN(C)c1cccc(CNCC2CCCO2)c1. The highest BCUT2D eigenvalue weighted by Crippen LogP contribution is 2.14. The van der Waals surface area contributed by atoms with E-state index in [0.717, 1.165) is 19.7 Å². The number of ether oxygens (including phenoxy) is 1. The summed E-state index contributed by atoms with van der Waals surface area (Å²) in [6.07, 6.45) is 2.83. The van der Waals surface area contributed by atoms with Gasteiger partial charge in [-0.2, -0.15) is 0 Å². The van der Waals surface area contributed by atoms with Crippen LogP contribution >= 0.6 is 0 Å². The van der Waals surface area contributed by atoms with Crippen molar-refractivity contribution in [2.45, 2.75) is 25.5 Å². The topological polar surface area (TPSA) is 24.5 Å². The summed E-state index contributed by atoms with van der Waals surface area (Å²) >= 11 is 0. The molecule has 0 aliphatic carbocycles. The van der Waals surface area contributed by atoms with Crippen LogP contribution in [-0.4, -0.2) is 33.4 Å². The molecule has 1 fully saturated rings. The second-order valence-corrected chi connectivity index (χ2v) is 4.83. The largest absolute Gasteiger partial charge is 0.378 e. The predicted molar refractivity (Wildman–Crippen MR) is 71.4 cm³/mol. The standard InChI is InChI=1S/C14H22N2O/c1-16(2)13-6-3-5-12(9-13)10-15-11-14-7-4-8-17-14/h3,5-6,9,14-15H,4,7-8,10-11H2,1-2H3. The average molecular weight is 234 g/mol. The molecule has 0 spiro atoms. The molecule has 1 aliphatic heterocycles. The molecule has 0 saturated carbocycles. The summed E-state index contributed by atoms with van der Waals surface area (Å²) in [5.74, 6) is 0. The van der Waals surface area contributed by atoms with Gasteiger partial charge >= 0.3 is 0 Å². The van der Waals surface area contributed by atoms with Crippen molar-refractivity contribution in [1.82, 2.24) is 5.32 Å². The van der Waals surface area contributed by atoms with Crippen molar-refractivity contribution in [3.05, 3.63) is 29.8 Å². The maximum atomic E-state index is 5.58. The van der Waals surface area contributed by atoms with Crippen LogP contribution in [0.1, 0.15) is 18.4 Å². The molecule has 1 heterocycles. The smallest absolute Gasteiger partial charge is 0.0700 e. The lowest BCUT2D eigenvalue weighted by Crippen LogP contribution is -2.25. The van der Waals surface area contributed by atoms with Crippen molar-refractivity contribution < 1.29 is 4.74 Å². The molecule has 3 heteroatoms. The third-order valence-electron chi connectivity index (χ3n) is 3.15. The molecule has 0 bridgehead atoms. The minimum atomic E-state index is 0.423. The normalized spacial score (nSPS) is 19.5. The molecule has 0 radical (unpaired) electrons. The Labute approximate surface area is 104 Å². The first-order chi connectivity index (χ1) is 8.25. The van der Waals surface area contributed by atoms with Crippen LogP contribution in [0, 0.1) is 0 Å². The van der Waals surface area contributed by atoms with Crippen LogP contribution in [0.25, 0.3) is 0 Å². The van der Waals surface area contributed by atoms with E-state index in [0.29, 0.717) is 6.10 Å². The van der Waals surface area contributed by atoms with Crippen LogP contribution in [-0.2, 0) is 11.3 Å². The molecule has 1 saturated heterocycles. The van der Waals surface area contributed by atoms with E-state index in [1.807, 2.05) is 0 Å². The number of benzene rings is 1. The van der Waals surface area contributed by atoms with Gasteiger partial charge in [0.25, 0.3) is 0 Å². The Morgan fingerprint density at radius 1 is 1.41 bits per heavy atom. The highest BCUT2D eigenvalue weighted by Gasteiger charge is 2.14. The van der Waals surface area contributed by atoms with Crippen LogP contribution in [0.5, 0.6) is 0 Å². The number of nitrogens with one attached hydrogen (secondary N) is 1. The van der Waals surface area contributed by atoms with Crippen molar-refractivity contribution in [3.63, 3.8) is 0 Å². The lowest BCUT2D eigenvalue weighted by atomic mass is 10.2. The lowest BCUT2D eigenvalue weighted by molar-refractivity contribution is 0.110. The van der Waals surface area contributed by atoms with Gasteiger partial charge in [-0.3, -0.25) is 0 Å². The van der Waals surface area contributed by atoms with Crippen molar-refractivity contribution in [2.24, 2.45) is 0 Å². The molecule has 0 aromatic heterocycles. The Hall–Kier alpha value is -1.06. The summed E-state index contributed by atoms with van der Waals surface area (Å²) < 4.78 is 5.58. The van der Waals surface area contributed by atoms with Gasteiger partial charge in [-0.05, 0) is 30.5 Å². The summed E-state index contributed by atoms with van der Waals surface area (Å²) in [6.45, 7) is 2.82. The van der Waals surface area contributed by atoms with Crippen molar-refractivity contribution >= 4 is 5.69 Å². The Morgan fingerprint density at radius 2 is 2.29 bits per heavy atom. The van der Waals surface area contributed by atoms with Gasteiger partial charge in [0.15, 0.2) is 0 Å². The fraction of sp³-hybridized carbons (Fsp3) is 0.571. The van der Waals surface area contributed by atoms with Crippen LogP contribution in [0.3, 0.4) is 0 Å². The Morgan fingerprint density at radius 3 is 3.00 bits per heavy atom. The third kappa shape index (κ3) is 3.72. The Bertz CT molecular complexity index is 346. The number of hydrogen-bond acceptors (Lipinski definition) is 3. The van der Waals surface area contributed by atoms with Crippen LogP contribution in [0.2, 0.25) is 0 Å². The minimum Gasteiger partial charge on any atom is -0.378 e. The van der Waals surface area contributed by atoms with E-state index in [9.17, 15) is 0 Å². The molecule has 1 aliphatic rings. The zero-order chi connectivity index (χ0) is 12.1. The molecule has 1 N–H and O–H groups in total. The van der Waals surface area contributed by atoms with Gasteiger partial charge in [0.05, 0.1) is 6.10 Å². The van der Waals surface area contributed by atoms with E-state index >= 15 is 0 Å². The van der Waals surface area contributed by atoms with Crippen LogP contribution < -0.4 is 10.2 Å². The van der Waals surface area contributed by atoms with Gasteiger partial charge in [-0.25, -0.2) is 0 Å². The van der Waals surface area contributed by atoms with Gasteiger partial charge in [0.1, 0.15) is 0 Å². The van der Waals surface area contributed by atoms with Gasteiger partial charge in [-0.15, -0.1) is 0 Å². The van der Waals surface area contributed by atoms with E-state index in [1.54, 1.807) is 0 Å². The lowest BCUT2D eigenvalue weighted by Gasteiger charge is -2.14. The highest BCUT2D eigenvalue weighted by atomic mass is 16.5. The van der Waals surface area contributed by atoms with Gasteiger partial charge in [0, 0.05) is 39.5 Å². The molecule has 3 nitrogen and oxygen atoms in total. The van der Waals surface area contributed by atoms with E-state index in [4.69, 9.17) is 4.74 Å². The first-order valence-electron chi connectivity index (χ1n) is 6.34. The maximum Gasteiger partial charge on any atom is 0.0700 e. The molecule has 1 aromatic carbocycles. The average Bonchev–Trinajstić information content (AvgIpc) is 2.82. The molecular weight excluding hydrogens is 212 g/mol. The number of rotatable bonds is 5. The second-order valence-electron chi connectivity index (χ2n) is 4.83. The summed E-state index contributed by atoms with van der Waals surface area (Å²) in [4.78, 5) is 2.13. The second kappa shape index (κ2) is 6.03. The molecule has 1 atom stereocenters. The first-order valence-corrected chi connectivity index (χ1v) is 6.34. The molecule has 2 rings (SSSR count). The first kappa shape index (κ1) is 12.4. The van der Waals surface area contributed by atoms with Crippen LogP contribution in [0.15, 0.2) is 24.3 Å². The molecule has 17 heavy (non-hydrogen) atoms. The van der Waals surface area contributed by atoms with E-state index in [-0.39, 0.29) is 0 Å². The van der Waals surface area contributed by atoms with Crippen molar-refractivity contribution in [2.75, 3.05) is 32.1 Å². The zero-order valence-corrected chi connectivity index (χ0v) is 10.8. The fourth-order valence-electron chi connectivity index (χ4n) is 2.13. The number of anilines is 1. The van der Waals surface area contributed by atoms with Crippen molar-refractivity contribution in [1.29, 1.82) is 0 Å². The monoisotopic (exact) mass is 234 g/mol. The summed E-state index contributed by atoms with van der Waals surface area (Å²) in [5, 5.41) is 3.47. The van der Waals surface area contributed by atoms with E-state index in [1.165, 1.54) is 24.1 Å². The highest BCUT2D eigenvalue weighted by molar-refractivity contribution is 5.47. The molecular formula is C14H22N2O. The zero-order valence-electron chi connectivity index (χ0n) is 10.8. The summed E-state index contributed by atoms with van der Waals surface area (Å²) in [6, 6.07) is 8.63. The number of hydrogen-bond donors (Lipinski definition) is 1. The maximum absolute atomic E-state index is 5.58. The quantitative estimate of drug-likeness (QED) is 0.843. The summed E-state index contributed by atoms with van der Waals surface area (Å²) in [5.41, 5.74) is 2.58. The van der Waals surface area contributed by atoms with Gasteiger partial charge in [0.2, 0.25) is 0 Å². The van der Waals surface area contributed by atoms with Crippen LogP contribution in [0.4, 0.5) is 5.69 Å². The van der Waals surface area contributed by atoms with Crippen molar-refractivity contribution in [3.8, 4) is 0 Å². The third-order valence-corrected chi connectivity index (χ3v) is 3.15. The fourth-order valence-corrected chi connectivity index (χ4v) is 2.13. The predicted octanol–water partition coefficient (Wildman–Crippen LogP) is 2.02. The molecule has 1 aromatic rings. The molecule has 1 unspecified atom stereocenters. The van der Waals surface area contributed by atoms with Gasteiger partial charge in [-0.1, -0.05) is 12.1 Å². The van der Waals surface area contributed by atoms with E-state index < -0.39 is 0 Å². The summed E-state index contributed by atoms with van der Waals surface area (Å²) in [7, 11) is 4.14. The Kier molecular flexibility index (Phi) is 4.40. The van der Waals surface area contributed by atoms with E-state index in [2.05, 4.69) is 48.6 Å². The minimum absolute atomic E-state index is 0.423. The van der Waals surface area contributed by atoms with Gasteiger partial charge < -0.3 is 15.0 Å². The number of nitrogens with zero attached hydrogens (tertiary/aromatic N) is 1. The molecule has 0 amide bonds. The Balaban J connectivity index is 1.79.